The van der Waals surface area contributed by atoms with E-state index in [2.05, 4.69) is 10.6 Å². The number of hydrogen-bond acceptors (Lipinski definition) is 3. The van der Waals surface area contributed by atoms with Gasteiger partial charge in [0.15, 0.2) is 0 Å². The maximum atomic E-state index is 12.2. The SMILES string of the molecule is Cl.NC1CCC(NC(=O)CCNC(=O)c2ccc3ccccc3c2)CC1. The van der Waals surface area contributed by atoms with Gasteiger partial charge in [0, 0.05) is 30.6 Å². The van der Waals surface area contributed by atoms with E-state index in [-0.39, 0.29) is 36.3 Å². The van der Waals surface area contributed by atoms with Crippen LogP contribution in [0.5, 0.6) is 0 Å². The van der Waals surface area contributed by atoms with E-state index < -0.39 is 0 Å². The third-order valence-electron chi connectivity index (χ3n) is 4.79. The summed E-state index contributed by atoms with van der Waals surface area (Å²) in [5.74, 6) is -0.165. The molecule has 4 N–H and O–H groups in total. The zero-order chi connectivity index (χ0) is 17.6. The second kappa shape index (κ2) is 9.55. The van der Waals surface area contributed by atoms with Gasteiger partial charge in [0.1, 0.15) is 0 Å². The van der Waals surface area contributed by atoms with Gasteiger partial charge in [-0.25, -0.2) is 0 Å². The van der Waals surface area contributed by atoms with Crippen LogP contribution in [0.1, 0.15) is 42.5 Å². The Labute approximate surface area is 160 Å². The number of benzene rings is 2. The fourth-order valence-corrected chi connectivity index (χ4v) is 3.29. The second-order valence-electron chi connectivity index (χ2n) is 6.75. The average Bonchev–Trinajstić information content (AvgIpc) is 2.63. The van der Waals surface area contributed by atoms with E-state index in [1.807, 2.05) is 42.5 Å². The van der Waals surface area contributed by atoms with Crippen LogP contribution in [-0.2, 0) is 4.79 Å². The normalized spacial score (nSPS) is 19.4. The van der Waals surface area contributed by atoms with Crippen molar-refractivity contribution in [2.45, 2.75) is 44.2 Å². The predicted octanol–water partition coefficient (Wildman–Crippen LogP) is 2.77. The zero-order valence-electron chi connectivity index (χ0n) is 14.7. The molecule has 0 atom stereocenters. The van der Waals surface area contributed by atoms with Crippen LogP contribution >= 0.6 is 12.4 Å². The van der Waals surface area contributed by atoms with E-state index in [0.29, 0.717) is 18.5 Å². The van der Waals surface area contributed by atoms with E-state index in [0.717, 1.165) is 36.5 Å². The highest BCUT2D eigenvalue weighted by atomic mass is 35.5. The fourth-order valence-electron chi connectivity index (χ4n) is 3.29. The third-order valence-corrected chi connectivity index (χ3v) is 4.79. The van der Waals surface area contributed by atoms with Crippen LogP contribution in [0, 0.1) is 0 Å². The second-order valence-corrected chi connectivity index (χ2v) is 6.75. The first-order valence-electron chi connectivity index (χ1n) is 8.94. The van der Waals surface area contributed by atoms with Crippen LogP contribution in [0.25, 0.3) is 10.8 Å². The van der Waals surface area contributed by atoms with E-state index in [9.17, 15) is 9.59 Å². The molecule has 0 aromatic heterocycles. The van der Waals surface area contributed by atoms with Gasteiger partial charge in [-0.3, -0.25) is 9.59 Å². The molecule has 2 amide bonds. The first kappa shape index (κ1) is 20.2. The molecule has 0 spiro atoms. The van der Waals surface area contributed by atoms with Crippen LogP contribution in [0.4, 0.5) is 0 Å². The van der Waals surface area contributed by atoms with E-state index in [4.69, 9.17) is 5.73 Å². The minimum atomic E-state index is -0.151. The number of nitrogens with two attached hydrogens (primary N) is 1. The molecule has 0 aliphatic heterocycles. The number of rotatable bonds is 5. The van der Waals surface area contributed by atoms with Crippen LogP contribution in [0.2, 0.25) is 0 Å². The summed E-state index contributed by atoms with van der Waals surface area (Å²) in [5, 5.41) is 7.98. The molecule has 0 radical (unpaired) electrons. The maximum Gasteiger partial charge on any atom is 0.251 e. The lowest BCUT2D eigenvalue weighted by Gasteiger charge is -2.26. The monoisotopic (exact) mass is 375 g/mol. The summed E-state index contributed by atoms with van der Waals surface area (Å²) in [6, 6.07) is 14.0. The Morgan fingerprint density at radius 2 is 1.69 bits per heavy atom. The third kappa shape index (κ3) is 5.44. The summed E-state index contributed by atoms with van der Waals surface area (Å²) in [5.41, 5.74) is 6.48. The zero-order valence-corrected chi connectivity index (χ0v) is 15.6. The summed E-state index contributed by atoms with van der Waals surface area (Å²) in [6.45, 7) is 0.337. The molecule has 1 fully saturated rings. The molecule has 140 valence electrons. The quantitative estimate of drug-likeness (QED) is 0.751. The number of nitrogens with one attached hydrogen (secondary N) is 2. The lowest BCUT2D eigenvalue weighted by molar-refractivity contribution is -0.121. The summed E-state index contributed by atoms with van der Waals surface area (Å²) in [6.07, 6.45) is 4.10. The first-order chi connectivity index (χ1) is 12.1. The van der Waals surface area contributed by atoms with Crippen molar-refractivity contribution in [1.82, 2.24) is 10.6 Å². The van der Waals surface area contributed by atoms with Gasteiger partial charge >= 0.3 is 0 Å². The molecule has 1 aliphatic rings. The molecule has 6 heteroatoms. The number of halogens is 1. The van der Waals surface area contributed by atoms with Crippen molar-refractivity contribution in [3.63, 3.8) is 0 Å². The first-order valence-corrected chi connectivity index (χ1v) is 8.94. The van der Waals surface area contributed by atoms with Crippen LogP contribution < -0.4 is 16.4 Å². The molecule has 0 bridgehead atoms. The topological polar surface area (TPSA) is 84.2 Å². The largest absolute Gasteiger partial charge is 0.353 e. The number of fused-ring (bicyclic) bond motifs is 1. The summed E-state index contributed by atoms with van der Waals surface area (Å²) in [4.78, 5) is 24.2. The molecule has 26 heavy (non-hydrogen) atoms. The average molecular weight is 376 g/mol. The van der Waals surface area contributed by atoms with Gasteiger partial charge in [0.2, 0.25) is 5.91 Å². The Bertz CT molecular complexity index is 758. The predicted molar refractivity (Wildman–Crippen MR) is 107 cm³/mol. The van der Waals surface area contributed by atoms with E-state index >= 15 is 0 Å². The lowest BCUT2D eigenvalue weighted by Crippen LogP contribution is -2.41. The van der Waals surface area contributed by atoms with Crippen molar-refractivity contribution >= 4 is 35.0 Å². The highest BCUT2D eigenvalue weighted by Crippen LogP contribution is 2.17. The van der Waals surface area contributed by atoms with Crippen molar-refractivity contribution in [2.75, 3.05) is 6.54 Å². The Balaban J connectivity index is 0.00000243. The smallest absolute Gasteiger partial charge is 0.251 e. The molecule has 1 aliphatic carbocycles. The van der Waals surface area contributed by atoms with Gasteiger partial charge in [-0.15, -0.1) is 12.4 Å². The summed E-state index contributed by atoms with van der Waals surface area (Å²) in [7, 11) is 0. The van der Waals surface area contributed by atoms with Crippen molar-refractivity contribution in [3.05, 3.63) is 48.0 Å². The molecule has 5 nitrogen and oxygen atoms in total. The Morgan fingerprint density at radius 3 is 2.42 bits per heavy atom. The molecule has 2 aromatic carbocycles. The van der Waals surface area contributed by atoms with Gasteiger partial charge in [-0.1, -0.05) is 30.3 Å². The number of hydrogen-bond donors (Lipinski definition) is 3. The molecule has 0 saturated heterocycles. The van der Waals surface area contributed by atoms with Gasteiger partial charge in [0.05, 0.1) is 0 Å². The van der Waals surface area contributed by atoms with Gasteiger partial charge < -0.3 is 16.4 Å². The lowest BCUT2D eigenvalue weighted by atomic mass is 9.92. The Hall–Kier alpha value is -2.11. The van der Waals surface area contributed by atoms with Gasteiger partial charge in [-0.2, -0.15) is 0 Å². The molecule has 0 heterocycles. The summed E-state index contributed by atoms with van der Waals surface area (Å²) < 4.78 is 0. The van der Waals surface area contributed by atoms with Crippen LogP contribution in [0.3, 0.4) is 0 Å². The molecular formula is C20H26ClN3O2. The van der Waals surface area contributed by atoms with Crippen molar-refractivity contribution < 1.29 is 9.59 Å². The molecule has 3 rings (SSSR count). The van der Waals surface area contributed by atoms with Crippen molar-refractivity contribution in [1.29, 1.82) is 0 Å². The molecule has 2 aromatic rings. The fraction of sp³-hybridized carbons (Fsp3) is 0.400. The Kier molecular flexibility index (Phi) is 7.42. The highest BCUT2D eigenvalue weighted by molar-refractivity contribution is 5.98. The molecular weight excluding hydrogens is 350 g/mol. The molecule has 1 saturated carbocycles. The summed E-state index contributed by atoms with van der Waals surface area (Å²) >= 11 is 0. The van der Waals surface area contributed by atoms with Crippen molar-refractivity contribution in [3.8, 4) is 0 Å². The van der Waals surface area contributed by atoms with Gasteiger partial charge in [-0.05, 0) is 48.6 Å². The highest BCUT2D eigenvalue weighted by Gasteiger charge is 2.19. The minimum Gasteiger partial charge on any atom is -0.353 e. The van der Waals surface area contributed by atoms with Crippen LogP contribution in [0.15, 0.2) is 42.5 Å². The number of carbonyl (C=O) groups is 2. The minimum absolute atomic E-state index is 0. The Morgan fingerprint density at radius 1 is 1.00 bits per heavy atom. The number of carbonyl (C=O) groups excluding carboxylic acids is 2. The number of amides is 2. The van der Waals surface area contributed by atoms with Gasteiger partial charge in [0.25, 0.3) is 5.91 Å². The van der Waals surface area contributed by atoms with E-state index in [1.54, 1.807) is 0 Å². The van der Waals surface area contributed by atoms with E-state index in [1.165, 1.54) is 0 Å². The standard InChI is InChI=1S/C20H25N3O2.ClH/c21-17-7-9-18(10-8-17)23-19(24)11-12-22-20(25)16-6-5-14-3-1-2-4-15(14)13-16;/h1-6,13,17-18H,7-12,21H2,(H,22,25)(H,23,24);1H. The maximum absolute atomic E-state index is 12.2. The molecule has 0 unspecified atom stereocenters. The van der Waals surface area contributed by atoms with Crippen molar-refractivity contribution in [2.24, 2.45) is 5.73 Å². The van der Waals surface area contributed by atoms with Crippen LogP contribution in [-0.4, -0.2) is 30.4 Å².